The van der Waals surface area contributed by atoms with Gasteiger partial charge in [0.1, 0.15) is 4.90 Å². The van der Waals surface area contributed by atoms with Crippen molar-refractivity contribution in [2.45, 2.75) is 4.90 Å². The summed E-state index contributed by atoms with van der Waals surface area (Å²) < 4.78 is 30.7. The summed E-state index contributed by atoms with van der Waals surface area (Å²) >= 11 is 0. The van der Waals surface area contributed by atoms with E-state index in [1.54, 1.807) is 0 Å². The molecule has 0 heterocycles. The number of nitrogens with one attached hydrogen (secondary N) is 1. The standard InChI is InChI=1S/C8H8N2O5S/c9-5-1-2-6(10-8(12)4-11)7(3-5)16(13,14)15/h1-4H,9H2,(H,10,12)(H,13,14,15). The van der Waals surface area contributed by atoms with Gasteiger partial charge in [-0.2, -0.15) is 8.42 Å². The Hall–Kier alpha value is -1.93. The highest BCUT2D eigenvalue weighted by molar-refractivity contribution is 7.86. The molecule has 0 spiro atoms. The number of amides is 1. The molecule has 1 rings (SSSR count). The smallest absolute Gasteiger partial charge is 0.296 e. The van der Waals surface area contributed by atoms with Crippen molar-refractivity contribution in [2.24, 2.45) is 0 Å². The summed E-state index contributed by atoms with van der Waals surface area (Å²) in [7, 11) is -4.52. The van der Waals surface area contributed by atoms with E-state index in [2.05, 4.69) is 0 Å². The van der Waals surface area contributed by atoms with Gasteiger partial charge in [0.05, 0.1) is 5.69 Å². The summed E-state index contributed by atoms with van der Waals surface area (Å²) in [5, 5.41) is 1.99. The molecule has 0 aromatic heterocycles. The summed E-state index contributed by atoms with van der Waals surface area (Å²) in [4.78, 5) is 20.3. The molecule has 0 radical (unpaired) electrons. The third-order valence-corrected chi connectivity index (χ3v) is 2.54. The van der Waals surface area contributed by atoms with Crippen LogP contribution in [0, 0.1) is 0 Å². The topological polar surface area (TPSA) is 127 Å². The second-order valence-electron chi connectivity index (χ2n) is 2.84. The van der Waals surface area contributed by atoms with Gasteiger partial charge in [-0.05, 0) is 18.2 Å². The molecule has 0 aliphatic carbocycles. The Balaban J connectivity index is 3.29. The molecule has 1 aromatic rings. The Morgan fingerprint density at radius 1 is 1.44 bits per heavy atom. The van der Waals surface area contributed by atoms with E-state index >= 15 is 0 Å². The van der Waals surface area contributed by atoms with Gasteiger partial charge in [0, 0.05) is 5.69 Å². The maximum atomic E-state index is 10.9. The third-order valence-electron chi connectivity index (χ3n) is 1.65. The number of benzene rings is 1. The number of anilines is 2. The number of hydrogen-bond acceptors (Lipinski definition) is 5. The molecular weight excluding hydrogens is 236 g/mol. The molecule has 0 bridgehead atoms. The molecular formula is C8H8N2O5S. The minimum atomic E-state index is -4.52. The lowest BCUT2D eigenvalue weighted by atomic mass is 10.3. The zero-order valence-electron chi connectivity index (χ0n) is 7.88. The van der Waals surface area contributed by atoms with Crippen LogP contribution < -0.4 is 11.1 Å². The van der Waals surface area contributed by atoms with E-state index in [0.29, 0.717) is 0 Å². The van der Waals surface area contributed by atoms with Crippen molar-refractivity contribution in [3.63, 3.8) is 0 Å². The first-order chi connectivity index (χ1) is 7.34. The summed E-state index contributed by atoms with van der Waals surface area (Å²) in [5.74, 6) is -1.03. The number of nitrogens with two attached hydrogens (primary N) is 1. The molecule has 0 aliphatic rings. The van der Waals surface area contributed by atoms with Crippen molar-refractivity contribution in [3.8, 4) is 0 Å². The highest BCUT2D eigenvalue weighted by Gasteiger charge is 2.17. The third kappa shape index (κ3) is 2.78. The molecule has 1 amide bonds. The molecule has 0 saturated carbocycles. The Morgan fingerprint density at radius 2 is 2.06 bits per heavy atom. The first-order valence-electron chi connectivity index (χ1n) is 3.98. The molecule has 1 aromatic carbocycles. The van der Waals surface area contributed by atoms with Crippen molar-refractivity contribution in [1.29, 1.82) is 0 Å². The predicted octanol–water partition coefficient (Wildman–Crippen LogP) is -0.347. The van der Waals surface area contributed by atoms with Gasteiger partial charge in [0.25, 0.3) is 16.0 Å². The number of aldehydes is 1. The molecule has 0 atom stereocenters. The van der Waals surface area contributed by atoms with Crippen molar-refractivity contribution >= 4 is 33.7 Å². The number of carbonyl (C=O) groups is 2. The SMILES string of the molecule is Nc1ccc(NC(=O)C=O)c(S(=O)(=O)O)c1. The van der Waals surface area contributed by atoms with Gasteiger partial charge in [-0.15, -0.1) is 0 Å². The molecule has 0 fully saturated rings. The first kappa shape index (κ1) is 12.1. The van der Waals surface area contributed by atoms with Crippen LogP contribution in [0.3, 0.4) is 0 Å². The maximum absolute atomic E-state index is 10.9. The predicted molar refractivity (Wildman–Crippen MR) is 55.4 cm³/mol. The molecule has 4 N–H and O–H groups in total. The molecule has 0 aliphatic heterocycles. The van der Waals surface area contributed by atoms with Gasteiger partial charge in [0.15, 0.2) is 0 Å². The first-order valence-corrected chi connectivity index (χ1v) is 5.42. The number of hydrogen-bond donors (Lipinski definition) is 3. The lowest BCUT2D eigenvalue weighted by Crippen LogP contribution is -2.15. The van der Waals surface area contributed by atoms with Crippen molar-refractivity contribution < 1.29 is 22.6 Å². The lowest BCUT2D eigenvalue weighted by Gasteiger charge is -2.07. The van der Waals surface area contributed by atoms with E-state index in [1.807, 2.05) is 5.32 Å². The van der Waals surface area contributed by atoms with E-state index in [4.69, 9.17) is 10.3 Å². The van der Waals surface area contributed by atoms with E-state index in [0.717, 1.165) is 6.07 Å². The van der Waals surface area contributed by atoms with Crippen LogP contribution in [-0.2, 0) is 19.7 Å². The Morgan fingerprint density at radius 3 is 2.56 bits per heavy atom. The number of rotatable bonds is 3. The van der Waals surface area contributed by atoms with Crippen LogP contribution in [0.25, 0.3) is 0 Å². The van der Waals surface area contributed by atoms with Gasteiger partial charge < -0.3 is 11.1 Å². The Labute approximate surface area is 91.0 Å². The number of carbonyl (C=O) groups excluding carboxylic acids is 2. The molecule has 8 heteroatoms. The van der Waals surface area contributed by atoms with Gasteiger partial charge in [-0.1, -0.05) is 0 Å². The minimum absolute atomic E-state index is 0.0237. The van der Waals surface area contributed by atoms with Crippen LogP contribution in [0.5, 0.6) is 0 Å². The summed E-state index contributed by atoms with van der Waals surface area (Å²) in [6.45, 7) is 0. The molecule has 7 nitrogen and oxygen atoms in total. The Bertz CT molecular complexity index is 537. The summed E-state index contributed by atoms with van der Waals surface area (Å²) in [6, 6.07) is 3.45. The van der Waals surface area contributed by atoms with E-state index in [9.17, 15) is 18.0 Å². The molecule has 86 valence electrons. The molecule has 0 saturated heterocycles. The minimum Gasteiger partial charge on any atom is -0.399 e. The van der Waals surface area contributed by atoms with Crippen LogP contribution in [0.4, 0.5) is 11.4 Å². The van der Waals surface area contributed by atoms with Gasteiger partial charge in [-0.25, -0.2) is 0 Å². The monoisotopic (exact) mass is 244 g/mol. The van der Waals surface area contributed by atoms with Crippen LogP contribution in [0.1, 0.15) is 0 Å². The van der Waals surface area contributed by atoms with Crippen molar-refractivity contribution in [2.75, 3.05) is 11.1 Å². The fourth-order valence-corrected chi connectivity index (χ4v) is 1.70. The Kier molecular flexibility index (Phi) is 3.25. The van der Waals surface area contributed by atoms with E-state index < -0.39 is 20.9 Å². The van der Waals surface area contributed by atoms with Crippen molar-refractivity contribution in [1.82, 2.24) is 0 Å². The summed E-state index contributed by atoms with van der Waals surface area (Å²) in [6.07, 6.45) is -0.0237. The highest BCUT2D eigenvalue weighted by Crippen LogP contribution is 2.23. The normalized spacial score (nSPS) is 10.8. The summed E-state index contributed by atoms with van der Waals surface area (Å²) in [5.41, 5.74) is 5.21. The molecule has 16 heavy (non-hydrogen) atoms. The van der Waals surface area contributed by atoms with Gasteiger partial charge in [-0.3, -0.25) is 14.1 Å². The second kappa shape index (κ2) is 4.29. The number of nitrogen functional groups attached to an aromatic ring is 1. The fourth-order valence-electron chi connectivity index (χ4n) is 1.02. The second-order valence-corrected chi connectivity index (χ2v) is 4.23. The molecule has 0 unspecified atom stereocenters. The lowest BCUT2D eigenvalue weighted by molar-refractivity contribution is -0.127. The zero-order valence-corrected chi connectivity index (χ0v) is 8.69. The average Bonchev–Trinajstić information content (AvgIpc) is 2.19. The van der Waals surface area contributed by atoms with E-state index in [-0.39, 0.29) is 17.7 Å². The quantitative estimate of drug-likeness (QED) is 0.289. The van der Waals surface area contributed by atoms with Crippen LogP contribution >= 0.6 is 0 Å². The van der Waals surface area contributed by atoms with E-state index in [1.165, 1.54) is 12.1 Å². The van der Waals surface area contributed by atoms with Crippen LogP contribution in [-0.4, -0.2) is 25.2 Å². The van der Waals surface area contributed by atoms with Crippen molar-refractivity contribution in [3.05, 3.63) is 18.2 Å². The fraction of sp³-hybridized carbons (Fsp3) is 0. The van der Waals surface area contributed by atoms with Gasteiger partial charge in [0.2, 0.25) is 6.29 Å². The van der Waals surface area contributed by atoms with Crippen LogP contribution in [0.15, 0.2) is 23.1 Å². The van der Waals surface area contributed by atoms with Gasteiger partial charge >= 0.3 is 0 Å². The maximum Gasteiger partial charge on any atom is 0.296 e. The average molecular weight is 244 g/mol. The largest absolute Gasteiger partial charge is 0.399 e. The van der Waals surface area contributed by atoms with Crippen LogP contribution in [0.2, 0.25) is 0 Å². The zero-order chi connectivity index (χ0) is 12.3. The highest BCUT2D eigenvalue weighted by atomic mass is 32.2.